The van der Waals surface area contributed by atoms with Crippen LogP contribution >= 0.6 is 0 Å². The van der Waals surface area contributed by atoms with Gasteiger partial charge in [-0.15, -0.1) is 0 Å². The number of hydrogen-bond donors (Lipinski definition) is 2. The van der Waals surface area contributed by atoms with Crippen LogP contribution in [0.15, 0.2) is 42.5 Å². The first-order chi connectivity index (χ1) is 13.0. The van der Waals surface area contributed by atoms with Crippen molar-refractivity contribution in [1.82, 2.24) is 15.0 Å². The van der Waals surface area contributed by atoms with Crippen LogP contribution in [-0.4, -0.2) is 22.1 Å². The molecule has 0 atom stereocenters. The summed E-state index contributed by atoms with van der Waals surface area (Å²) < 4.78 is 0. The molecular weight excluding hydrogens is 342 g/mol. The Labute approximate surface area is 158 Å². The Hall–Kier alpha value is -3.03. The van der Waals surface area contributed by atoms with E-state index in [2.05, 4.69) is 51.6 Å². The van der Waals surface area contributed by atoms with Crippen molar-refractivity contribution in [3.05, 3.63) is 65.0 Å². The molecule has 0 fully saturated rings. The molecule has 0 spiro atoms. The van der Waals surface area contributed by atoms with E-state index in [9.17, 15) is 0 Å². The van der Waals surface area contributed by atoms with Crippen LogP contribution in [0.5, 0.6) is 0 Å². The molecule has 0 aliphatic heterocycles. The summed E-state index contributed by atoms with van der Waals surface area (Å²) in [6.07, 6.45) is 0. The van der Waals surface area contributed by atoms with Crippen LogP contribution in [0.2, 0.25) is 0 Å². The highest BCUT2D eigenvalue weighted by molar-refractivity contribution is 5.62. The highest BCUT2D eigenvalue weighted by Crippen LogP contribution is 2.22. The molecular formula is C20H23N5O2. The van der Waals surface area contributed by atoms with E-state index in [-0.39, 0.29) is 0 Å². The van der Waals surface area contributed by atoms with Crippen LogP contribution in [0.3, 0.4) is 0 Å². The molecule has 0 saturated heterocycles. The third kappa shape index (κ3) is 4.99. The lowest BCUT2D eigenvalue weighted by molar-refractivity contribution is -0.282. The molecule has 27 heavy (non-hydrogen) atoms. The van der Waals surface area contributed by atoms with Gasteiger partial charge in [-0.05, 0) is 38.5 Å². The first-order valence-corrected chi connectivity index (χ1v) is 8.62. The normalized spacial score (nSPS) is 10.7. The van der Waals surface area contributed by atoms with Crippen LogP contribution in [0.1, 0.15) is 22.5 Å². The van der Waals surface area contributed by atoms with Crippen molar-refractivity contribution in [2.75, 3.05) is 17.7 Å². The quantitative estimate of drug-likeness (QED) is 0.475. The van der Waals surface area contributed by atoms with E-state index in [1.165, 1.54) is 12.7 Å². The van der Waals surface area contributed by atoms with E-state index in [4.69, 9.17) is 9.78 Å². The Balaban J connectivity index is 1.84. The SMILES string of the molecule is COOCc1ccccc1Nc1nc(C)nc(Nc2ccc(C)cc2C)n1. The van der Waals surface area contributed by atoms with Gasteiger partial charge in [-0.25, -0.2) is 9.78 Å². The van der Waals surface area contributed by atoms with Gasteiger partial charge in [-0.2, -0.15) is 15.0 Å². The van der Waals surface area contributed by atoms with Gasteiger partial charge in [0.1, 0.15) is 12.4 Å². The minimum Gasteiger partial charge on any atom is -0.324 e. The maximum Gasteiger partial charge on any atom is 0.232 e. The van der Waals surface area contributed by atoms with Gasteiger partial charge in [0.15, 0.2) is 0 Å². The van der Waals surface area contributed by atoms with Crippen LogP contribution in [0.4, 0.5) is 23.3 Å². The van der Waals surface area contributed by atoms with Crippen molar-refractivity contribution >= 4 is 23.3 Å². The first kappa shape index (κ1) is 18.8. The van der Waals surface area contributed by atoms with Crippen molar-refractivity contribution in [2.24, 2.45) is 0 Å². The van der Waals surface area contributed by atoms with Crippen molar-refractivity contribution in [3.8, 4) is 0 Å². The first-order valence-electron chi connectivity index (χ1n) is 8.62. The van der Waals surface area contributed by atoms with Gasteiger partial charge in [0, 0.05) is 16.9 Å². The molecule has 3 rings (SSSR count). The molecule has 1 aromatic heterocycles. The van der Waals surface area contributed by atoms with Crippen molar-refractivity contribution in [3.63, 3.8) is 0 Å². The summed E-state index contributed by atoms with van der Waals surface area (Å²) in [5.74, 6) is 1.56. The number of rotatable bonds is 7. The molecule has 1 heterocycles. The minimum absolute atomic E-state index is 0.317. The van der Waals surface area contributed by atoms with Crippen LogP contribution < -0.4 is 10.6 Å². The number of benzene rings is 2. The molecule has 2 aromatic carbocycles. The highest BCUT2D eigenvalue weighted by atomic mass is 17.2. The second kappa shape index (κ2) is 8.57. The van der Waals surface area contributed by atoms with E-state index < -0.39 is 0 Å². The number of nitrogens with one attached hydrogen (secondary N) is 2. The molecule has 0 aliphatic rings. The molecule has 0 bridgehead atoms. The Morgan fingerprint density at radius 2 is 1.56 bits per heavy atom. The van der Waals surface area contributed by atoms with Crippen molar-refractivity contribution in [2.45, 2.75) is 27.4 Å². The molecule has 0 aliphatic carbocycles. The van der Waals surface area contributed by atoms with Crippen LogP contribution in [-0.2, 0) is 16.4 Å². The zero-order valence-corrected chi connectivity index (χ0v) is 15.9. The summed E-state index contributed by atoms with van der Waals surface area (Å²) in [5, 5.41) is 6.50. The van der Waals surface area contributed by atoms with Gasteiger partial charge in [-0.3, -0.25) is 0 Å². The topological polar surface area (TPSA) is 81.2 Å². The molecule has 0 unspecified atom stereocenters. The average Bonchev–Trinajstić information content (AvgIpc) is 2.63. The number of anilines is 4. The fraction of sp³-hybridized carbons (Fsp3) is 0.250. The maximum atomic E-state index is 5.04. The summed E-state index contributed by atoms with van der Waals surface area (Å²) in [6, 6.07) is 13.9. The summed E-state index contributed by atoms with van der Waals surface area (Å²) in [4.78, 5) is 23.0. The summed E-state index contributed by atoms with van der Waals surface area (Å²) in [6.45, 7) is 6.27. The van der Waals surface area contributed by atoms with E-state index in [1.807, 2.05) is 37.3 Å². The van der Waals surface area contributed by atoms with Gasteiger partial charge < -0.3 is 10.6 Å². The molecule has 7 nitrogen and oxygen atoms in total. The highest BCUT2D eigenvalue weighted by Gasteiger charge is 2.09. The zero-order chi connectivity index (χ0) is 19.2. The van der Waals surface area contributed by atoms with E-state index >= 15 is 0 Å². The second-order valence-electron chi connectivity index (χ2n) is 6.18. The molecule has 0 amide bonds. The number of aryl methyl sites for hydroxylation is 3. The molecule has 3 aromatic rings. The van der Waals surface area contributed by atoms with Gasteiger partial charge in [0.2, 0.25) is 11.9 Å². The molecule has 0 radical (unpaired) electrons. The fourth-order valence-corrected chi connectivity index (χ4v) is 2.68. The third-order valence-corrected chi connectivity index (χ3v) is 3.97. The minimum atomic E-state index is 0.317. The second-order valence-corrected chi connectivity index (χ2v) is 6.18. The standard InChI is InChI=1S/C20H23N5O2/c1-13-9-10-17(14(2)11-13)23-19-21-15(3)22-20(25-19)24-18-8-6-5-7-16(18)12-27-26-4/h5-11H,12H2,1-4H3,(H2,21,22,23,24,25). The monoisotopic (exact) mass is 365 g/mol. The van der Waals surface area contributed by atoms with E-state index in [1.54, 1.807) is 0 Å². The van der Waals surface area contributed by atoms with Gasteiger partial charge in [-0.1, -0.05) is 35.9 Å². The smallest absolute Gasteiger partial charge is 0.232 e. The zero-order valence-electron chi connectivity index (χ0n) is 15.9. The van der Waals surface area contributed by atoms with E-state index in [0.717, 1.165) is 22.5 Å². The molecule has 2 N–H and O–H groups in total. The Morgan fingerprint density at radius 1 is 0.852 bits per heavy atom. The number of para-hydroxylation sites is 1. The Bertz CT molecular complexity index is 930. The molecule has 0 saturated carbocycles. The van der Waals surface area contributed by atoms with Crippen molar-refractivity contribution in [1.29, 1.82) is 0 Å². The summed E-state index contributed by atoms with van der Waals surface area (Å²) in [5.41, 5.74) is 5.08. The van der Waals surface area contributed by atoms with Crippen LogP contribution in [0, 0.1) is 20.8 Å². The van der Waals surface area contributed by atoms with E-state index in [0.29, 0.717) is 24.3 Å². The largest absolute Gasteiger partial charge is 0.324 e. The maximum absolute atomic E-state index is 5.04. The summed E-state index contributed by atoms with van der Waals surface area (Å²) >= 11 is 0. The molecule has 7 heteroatoms. The lowest BCUT2D eigenvalue weighted by Gasteiger charge is -2.13. The van der Waals surface area contributed by atoms with Gasteiger partial charge >= 0.3 is 0 Å². The molecule has 140 valence electrons. The number of hydrogen-bond acceptors (Lipinski definition) is 7. The Morgan fingerprint density at radius 3 is 2.26 bits per heavy atom. The van der Waals surface area contributed by atoms with Crippen LogP contribution in [0.25, 0.3) is 0 Å². The predicted octanol–water partition coefficient (Wildman–Crippen LogP) is 4.36. The lowest BCUT2D eigenvalue weighted by Crippen LogP contribution is -2.07. The average molecular weight is 365 g/mol. The third-order valence-electron chi connectivity index (χ3n) is 3.97. The number of aromatic nitrogens is 3. The lowest BCUT2D eigenvalue weighted by atomic mass is 10.1. The van der Waals surface area contributed by atoms with Gasteiger partial charge in [0.05, 0.1) is 7.11 Å². The fourth-order valence-electron chi connectivity index (χ4n) is 2.68. The predicted molar refractivity (Wildman–Crippen MR) is 105 cm³/mol. The Kier molecular flexibility index (Phi) is 5.95. The van der Waals surface area contributed by atoms with Crippen molar-refractivity contribution < 1.29 is 9.78 Å². The summed E-state index contributed by atoms with van der Waals surface area (Å²) in [7, 11) is 1.48. The number of nitrogens with zero attached hydrogens (tertiary/aromatic N) is 3. The van der Waals surface area contributed by atoms with Gasteiger partial charge in [0.25, 0.3) is 0 Å².